The third-order valence-electron chi connectivity index (χ3n) is 4.32. The smallest absolute Gasteiger partial charge is 0.269 e. The van der Waals surface area contributed by atoms with Crippen molar-refractivity contribution in [2.75, 3.05) is 13.1 Å². The molecule has 1 aromatic rings. The molecule has 0 saturated heterocycles. The average Bonchev–Trinajstić information content (AvgIpc) is 2.86. The molecule has 9 nitrogen and oxygen atoms in total. The van der Waals surface area contributed by atoms with Gasteiger partial charge >= 0.3 is 0 Å². The minimum absolute atomic E-state index is 0.110. The van der Waals surface area contributed by atoms with E-state index in [2.05, 4.69) is 10.6 Å². The van der Waals surface area contributed by atoms with Crippen molar-refractivity contribution < 1.29 is 14.5 Å². The Bertz CT molecular complexity index is 783. The first-order chi connectivity index (χ1) is 12.2. The molecule has 2 rings (SSSR count). The Morgan fingerprint density at radius 2 is 2.00 bits per heavy atom. The van der Waals surface area contributed by atoms with Crippen molar-refractivity contribution in [1.82, 2.24) is 15.5 Å². The van der Waals surface area contributed by atoms with Crippen molar-refractivity contribution in [2.24, 2.45) is 0 Å². The van der Waals surface area contributed by atoms with E-state index in [1.54, 1.807) is 4.90 Å². The summed E-state index contributed by atoms with van der Waals surface area (Å²) in [7, 11) is 0. The normalized spacial score (nSPS) is 15.6. The highest BCUT2D eigenvalue weighted by Gasteiger charge is 2.40. The van der Waals surface area contributed by atoms with Crippen LogP contribution in [0.2, 0.25) is 0 Å². The van der Waals surface area contributed by atoms with Crippen LogP contribution in [-0.2, 0) is 4.79 Å². The molecule has 0 radical (unpaired) electrons. The number of carbonyl (C=O) groups is 2. The summed E-state index contributed by atoms with van der Waals surface area (Å²) < 4.78 is 0. The highest BCUT2D eigenvalue weighted by Crippen LogP contribution is 2.31. The summed E-state index contributed by atoms with van der Waals surface area (Å²) in [6.07, 6.45) is 0.718. The van der Waals surface area contributed by atoms with E-state index in [-0.39, 0.29) is 23.6 Å². The van der Waals surface area contributed by atoms with Crippen LogP contribution in [0, 0.1) is 15.5 Å². The van der Waals surface area contributed by atoms with Gasteiger partial charge in [-0.3, -0.25) is 25.1 Å². The Labute approximate surface area is 150 Å². The predicted molar refractivity (Wildman–Crippen MR) is 95.8 cm³/mol. The molecule has 0 spiro atoms. The maximum absolute atomic E-state index is 12.3. The molecule has 1 aliphatic heterocycles. The summed E-state index contributed by atoms with van der Waals surface area (Å²) in [4.78, 5) is 35.3. The number of amides is 2. The second kappa shape index (κ2) is 7.34. The van der Waals surface area contributed by atoms with Crippen LogP contribution < -0.4 is 10.6 Å². The van der Waals surface area contributed by atoms with Gasteiger partial charge in [0.15, 0.2) is 0 Å². The molecule has 0 fully saturated rings. The number of hydrogen-bond donors (Lipinski definition) is 3. The van der Waals surface area contributed by atoms with Gasteiger partial charge in [-0.25, -0.2) is 0 Å². The molecule has 0 unspecified atom stereocenters. The molecule has 0 aromatic heterocycles. The van der Waals surface area contributed by atoms with Gasteiger partial charge in [-0.1, -0.05) is 0 Å². The zero-order chi connectivity index (χ0) is 19.5. The first-order valence-electron chi connectivity index (χ1n) is 8.06. The molecule has 1 aliphatic rings. The number of carbonyl (C=O) groups excluding carboxylic acids is 2. The fourth-order valence-corrected chi connectivity index (χ4v) is 2.83. The predicted octanol–water partition coefficient (Wildman–Crippen LogP) is 1.42. The number of nitro groups is 1. The van der Waals surface area contributed by atoms with Crippen LogP contribution in [0.5, 0.6) is 0 Å². The van der Waals surface area contributed by atoms with E-state index >= 15 is 0 Å². The van der Waals surface area contributed by atoms with Crippen LogP contribution in [-0.4, -0.2) is 46.6 Å². The number of amidine groups is 1. The molecule has 26 heavy (non-hydrogen) atoms. The molecule has 0 atom stereocenters. The van der Waals surface area contributed by atoms with Crippen LogP contribution in [0.3, 0.4) is 0 Å². The van der Waals surface area contributed by atoms with E-state index in [4.69, 9.17) is 5.41 Å². The number of non-ortho nitro benzene ring substituents is 1. The fraction of sp³-hybridized carbons (Fsp3) is 0.353. The Hall–Kier alpha value is -3.23. The largest absolute Gasteiger partial charge is 0.386 e. The second-order valence-corrected chi connectivity index (χ2v) is 6.31. The molecule has 1 heterocycles. The van der Waals surface area contributed by atoms with Crippen molar-refractivity contribution in [3.63, 3.8) is 0 Å². The van der Waals surface area contributed by atoms with Crippen molar-refractivity contribution >= 4 is 23.8 Å². The van der Waals surface area contributed by atoms with Crippen molar-refractivity contribution in [3.8, 4) is 0 Å². The zero-order valence-electron chi connectivity index (χ0n) is 14.8. The van der Waals surface area contributed by atoms with Crippen LogP contribution >= 0.6 is 0 Å². The van der Waals surface area contributed by atoms with Gasteiger partial charge in [-0.15, -0.1) is 0 Å². The molecule has 138 valence electrons. The highest BCUT2D eigenvalue weighted by molar-refractivity contribution is 6.12. The van der Waals surface area contributed by atoms with Gasteiger partial charge in [0.1, 0.15) is 5.84 Å². The Morgan fingerprint density at radius 3 is 2.50 bits per heavy atom. The van der Waals surface area contributed by atoms with Gasteiger partial charge in [0.25, 0.3) is 11.6 Å². The molecule has 0 saturated carbocycles. The number of hydrogen-bond acceptors (Lipinski definition) is 6. The minimum atomic E-state index is -0.614. The van der Waals surface area contributed by atoms with E-state index in [1.807, 2.05) is 20.8 Å². The average molecular weight is 359 g/mol. The molecular weight excluding hydrogens is 338 g/mol. The SMILES string of the molecule is CCNC1=C(C(=N)NC(=O)c2ccc([N+](=O)[O-])cc2)CN(C=O)C1(C)C. The third kappa shape index (κ3) is 3.56. The molecule has 3 N–H and O–H groups in total. The topological polar surface area (TPSA) is 128 Å². The quantitative estimate of drug-likeness (QED) is 0.233. The lowest BCUT2D eigenvalue weighted by Gasteiger charge is -2.31. The monoisotopic (exact) mass is 359 g/mol. The van der Waals surface area contributed by atoms with Crippen LogP contribution in [0.25, 0.3) is 0 Å². The molecule has 0 aliphatic carbocycles. The summed E-state index contributed by atoms with van der Waals surface area (Å²) in [6, 6.07) is 5.12. The lowest BCUT2D eigenvalue weighted by Crippen LogP contribution is -2.43. The minimum Gasteiger partial charge on any atom is -0.386 e. The van der Waals surface area contributed by atoms with Gasteiger partial charge in [-0.2, -0.15) is 0 Å². The molecule has 2 amide bonds. The van der Waals surface area contributed by atoms with Crippen molar-refractivity contribution in [1.29, 1.82) is 5.41 Å². The summed E-state index contributed by atoms with van der Waals surface area (Å²) in [6.45, 7) is 6.44. The number of nitro benzene ring substituents is 1. The zero-order valence-corrected chi connectivity index (χ0v) is 14.8. The maximum Gasteiger partial charge on any atom is 0.269 e. The van der Waals surface area contributed by atoms with Crippen LogP contribution in [0.15, 0.2) is 35.5 Å². The van der Waals surface area contributed by atoms with Gasteiger partial charge in [-0.05, 0) is 32.9 Å². The fourth-order valence-electron chi connectivity index (χ4n) is 2.83. The summed E-state index contributed by atoms with van der Waals surface area (Å²) in [5.74, 6) is -0.655. The van der Waals surface area contributed by atoms with Crippen LogP contribution in [0.4, 0.5) is 5.69 Å². The summed E-state index contributed by atoms with van der Waals surface area (Å²) in [5.41, 5.74) is 0.709. The lowest BCUT2D eigenvalue weighted by molar-refractivity contribution is -0.384. The molecular formula is C17H21N5O4. The number of nitrogens with zero attached hydrogens (tertiary/aromatic N) is 2. The number of benzene rings is 1. The second-order valence-electron chi connectivity index (χ2n) is 6.31. The highest BCUT2D eigenvalue weighted by atomic mass is 16.6. The first-order valence-corrected chi connectivity index (χ1v) is 8.06. The van der Waals surface area contributed by atoms with E-state index in [9.17, 15) is 19.7 Å². The van der Waals surface area contributed by atoms with E-state index < -0.39 is 16.4 Å². The van der Waals surface area contributed by atoms with Gasteiger partial charge in [0, 0.05) is 35.5 Å². The first kappa shape index (κ1) is 19.1. The van der Waals surface area contributed by atoms with Gasteiger partial charge in [0.2, 0.25) is 6.41 Å². The maximum atomic E-state index is 12.3. The van der Waals surface area contributed by atoms with E-state index in [0.717, 1.165) is 6.41 Å². The van der Waals surface area contributed by atoms with Gasteiger partial charge in [0.05, 0.1) is 17.0 Å². The molecule has 1 aromatic carbocycles. The Kier molecular flexibility index (Phi) is 5.39. The summed E-state index contributed by atoms with van der Waals surface area (Å²) in [5, 5.41) is 24.6. The third-order valence-corrected chi connectivity index (χ3v) is 4.32. The molecule has 0 bridgehead atoms. The Morgan fingerprint density at radius 1 is 1.38 bits per heavy atom. The number of rotatable bonds is 6. The van der Waals surface area contributed by atoms with Crippen LogP contribution in [0.1, 0.15) is 31.1 Å². The van der Waals surface area contributed by atoms with Gasteiger partial charge < -0.3 is 15.5 Å². The lowest BCUT2D eigenvalue weighted by atomic mass is 9.99. The summed E-state index contributed by atoms with van der Waals surface area (Å²) >= 11 is 0. The van der Waals surface area contributed by atoms with E-state index in [1.165, 1.54) is 24.3 Å². The number of likely N-dealkylation sites (N-methyl/N-ethyl adjacent to an activating group) is 1. The van der Waals surface area contributed by atoms with E-state index in [0.29, 0.717) is 17.8 Å². The number of nitrogens with one attached hydrogen (secondary N) is 3. The van der Waals surface area contributed by atoms with Crippen molar-refractivity contribution in [3.05, 3.63) is 51.2 Å². The molecule has 9 heteroatoms. The standard InChI is InChI=1S/C17H21N5O4/c1-4-19-14-13(9-21(10-23)17(14,2)3)15(18)20-16(24)11-5-7-12(8-6-11)22(25)26/h5-8,10,19H,4,9H2,1-3H3,(H2,18,20,24). The van der Waals surface area contributed by atoms with Crippen molar-refractivity contribution in [2.45, 2.75) is 26.3 Å². The Balaban J connectivity index is 2.21.